The Kier molecular flexibility index (Phi) is 5.54. The van der Waals surface area contributed by atoms with Gasteiger partial charge in [-0.3, -0.25) is 9.59 Å². The smallest absolute Gasteiger partial charge is 0.303 e. The fourth-order valence-corrected chi connectivity index (χ4v) is 1.84. The van der Waals surface area contributed by atoms with Gasteiger partial charge in [0.25, 0.3) is 5.91 Å². The van der Waals surface area contributed by atoms with E-state index in [4.69, 9.17) is 9.84 Å². The highest BCUT2D eigenvalue weighted by molar-refractivity contribution is 5.94. The fourth-order valence-electron chi connectivity index (χ4n) is 1.84. The summed E-state index contributed by atoms with van der Waals surface area (Å²) in [6.07, 6.45) is 0.459. The third kappa shape index (κ3) is 4.94. The maximum absolute atomic E-state index is 11.9. The first kappa shape index (κ1) is 15.6. The van der Waals surface area contributed by atoms with Gasteiger partial charge in [-0.1, -0.05) is 18.2 Å². The minimum atomic E-state index is -0.864. The molecule has 0 bridgehead atoms. The number of carboxylic acid groups (broad SMARTS) is 1. The van der Waals surface area contributed by atoms with Crippen LogP contribution in [0, 0.1) is 0 Å². The van der Waals surface area contributed by atoms with Crippen LogP contribution in [0.25, 0.3) is 0 Å². The monoisotopic (exact) mass is 299 g/mol. The minimum Gasteiger partial charge on any atom is -0.481 e. The summed E-state index contributed by atoms with van der Waals surface area (Å²) in [6, 6.07) is 16.2. The Morgan fingerprint density at radius 2 is 1.59 bits per heavy atom. The Hall–Kier alpha value is -2.82. The van der Waals surface area contributed by atoms with Gasteiger partial charge in [0, 0.05) is 18.5 Å². The summed E-state index contributed by atoms with van der Waals surface area (Å²) < 4.78 is 5.64. The molecule has 0 atom stereocenters. The van der Waals surface area contributed by atoms with Crippen molar-refractivity contribution in [3.63, 3.8) is 0 Å². The Morgan fingerprint density at radius 1 is 0.955 bits per heavy atom. The number of amides is 1. The molecule has 2 N–H and O–H groups in total. The van der Waals surface area contributed by atoms with Crippen LogP contribution in [-0.2, 0) is 4.79 Å². The molecule has 0 aliphatic rings. The molecule has 0 spiro atoms. The summed E-state index contributed by atoms with van der Waals surface area (Å²) in [6.45, 7) is 0.341. The van der Waals surface area contributed by atoms with Gasteiger partial charge in [0.2, 0.25) is 0 Å². The van der Waals surface area contributed by atoms with Crippen molar-refractivity contribution in [1.82, 2.24) is 5.32 Å². The normalized spacial score (nSPS) is 10.0. The van der Waals surface area contributed by atoms with Crippen molar-refractivity contribution in [2.24, 2.45) is 0 Å². The molecule has 22 heavy (non-hydrogen) atoms. The Morgan fingerprint density at radius 3 is 2.23 bits per heavy atom. The standard InChI is InChI=1S/C17H17NO4/c19-16(20)7-4-12-18-17(21)13-8-10-15(11-9-13)22-14-5-2-1-3-6-14/h1-3,5-6,8-11H,4,7,12H2,(H,18,21)(H,19,20). The maximum atomic E-state index is 11.9. The minimum absolute atomic E-state index is 0.0458. The number of benzene rings is 2. The molecule has 0 aromatic heterocycles. The van der Waals surface area contributed by atoms with Crippen LogP contribution in [0.4, 0.5) is 0 Å². The van der Waals surface area contributed by atoms with Gasteiger partial charge in [-0.25, -0.2) is 0 Å². The molecule has 5 heteroatoms. The van der Waals surface area contributed by atoms with Crippen molar-refractivity contribution in [3.8, 4) is 11.5 Å². The SMILES string of the molecule is O=C(O)CCCNC(=O)c1ccc(Oc2ccccc2)cc1. The zero-order valence-electron chi connectivity index (χ0n) is 12.0. The zero-order valence-corrected chi connectivity index (χ0v) is 12.0. The van der Waals surface area contributed by atoms with Crippen molar-refractivity contribution in [2.45, 2.75) is 12.8 Å². The van der Waals surface area contributed by atoms with E-state index in [-0.39, 0.29) is 12.3 Å². The number of carboxylic acids is 1. The predicted octanol–water partition coefficient (Wildman–Crippen LogP) is 3.07. The van der Waals surface area contributed by atoms with Crippen molar-refractivity contribution in [1.29, 1.82) is 0 Å². The van der Waals surface area contributed by atoms with E-state index in [2.05, 4.69) is 5.32 Å². The molecule has 2 aromatic carbocycles. The largest absolute Gasteiger partial charge is 0.481 e. The fraction of sp³-hybridized carbons (Fsp3) is 0.176. The molecule has 0 saturated heterocycles. The third-order valence-electron chi connectivity index (χ3n) is 2.95. The maximum Gasteiger partial charge on any atom is 0.303 e. The highest BCUT2D eigenvalue weighted by Gasteiger charge is 2.06. The van der Waals surface area contributed by atoms with Gasteiger partial charge in [-0.15, -0.1) is 0 Å². The summed E-state index contributed by atoms with van der Waals surface area (Å²) in [7, 11) is 0. The molecule has 1 amide bonds. The number of carbonyl (C=O) groups is 2. The zero-order chi connectivity index (χ0) is 15.8. The van der Waals surface area contributed by atoms with Crippen LogP contribution >= 0.6 is 0 Å². The van der Waals surface area contributed by atoms with Gasteiger partial charge >= 0.3 is 5.97 Å². The number of para-hydroxylation sites is 1. The van der Waals surface area contributed by atoms with E-state index in [0.29, 0.717) is 24.3 Å². The number of nitrogens with one attached hydrogen (secondary N) is 1. The number of hydrogen-bond donors (Lipinski definition) is 2. The third-order valence-corrected chi connectivity index (χ3v) is 2.95. The van der Waals surface area contributed by atoms with E-state index >= 15 is 0 Å². The van der Waals surface area contributed by atoms with E-state index in [1.165, 1.54) is 0 Å². The van der Waals surface area contributed by atoms with E-state index in [0.717, 1.165) is 5.75 Å². The van der Waals surface area contributed by atoms with E-state index in [9.17, 15) is 9.59 Å². The van der Waals surface area contributed by atoms with Crippen molar-refractivity contribution in [2.75, 3.05) is 6.54 Å². The molecule has 0 aliphatic carbocycles. The molecule has 0 heterocycles. The second-order valence-electron chi connectivity index (χ2n) is 4.69. The molecule has 114 valence electrons. The molecule has 0 saturated carbocycles. The lowest BCUT2D eigenvalue weighted by Gasteiger charge is -2.07. The predicted molar refractivity (Wildman–Crippen MR) is 82.2 cm³/mol. The first-order valence-corrected chi connectivity index (χ1v) is 6.98. The molecule has 0 fully saturated rings. The lowest BCUT2D eigenvalue weighted by molar-refractivity contribution is -0.137. The van der Waals surface area contributed by atoms with Crippen LogP contribution in [0.5, 0.6) is 11.5 Å². The van der Waals surface area contributed by atoms with E-state index in [1.807, 2.05) is 30.3 Å². The van der Waals surface area contributed by atoms with E-state index in [1.54, 1.807) is 24.3 Å². The number of aliphatic carboxylic acids is 1. The first-order chi connectivity index (χ1) is 10.6. The molecule has 5 nitrogen and oxygen atoms in total. The molecule has 0 unspecified atom stereocenters. The van der Waals surface area contributed by atoms with Crippen LogP contribution in [-0.4, -0.2) is 23.5 Å². The second kappa shape index (κ2) is 7.83. The van der Waals surface area contributed by atoms with Gasteiger partial charge in [-0.2, -0.15) is 0 Å². The topological polar surface area (TPSA) is 75.6 Å². The van der Waals surface area contributed by atoms with Gasteiger partial charge < -0.3 is 15.2 Å². The lowest BCUT2D eigenvalue weighted by Crippen LogP contribution is -2.24. The number of ether oxygens (including phenoxy) is 1. The molecule has 2 aromatic rings. The van der Waals surface area contributed by atoms with Crippen LogP contribution in [0.3, 0.4) is 0 Å². The van der Waals surface area contributed by atoms with Crippen LogP contribution in [0.1, 0.15) is 23.2 Å². The van der Waals surface area contributed by atoms with E-state index < -0.39 is 5.97 Å². The Balaban J connectivity index is 1.85. The average molecular weight is 299 g/mol. The van der Waals surface area contributed by atoms with Crippen molar-refractivity contribution < 1.29 is 19.4 Å². The highest BCUT2D eigenvalue weighted by Crippen LogP contribution is 2.21. The van der Waals surface area contributed by atoms with Gasteiger partial charge in [0.15, 0.2) is 0 Å². The van der Waals surface area contributed by atoms with Crippen molar-refractivity contribution >= 4 is 11.9 Å². The van der Waals surface area contributed by atoms with Gasteiger partial charge in [0.1, 0.15) is 11.5 Å². The van der Waals surface area contributed by atoms with Gasteiger partial charge in [-0.05, 0) is 42.8 Å². The van der Waals surface area contributed by atoms with Crippen LogP contribution in [0.2, 0.25) is 0 Å². The Labute approximate surface area is 128 Å². The quantitative estimate of drug-likeness (QED) is 0.770. The molecular formula is C17H17NO4. The molecule has 2 rings (SSSR count). The molecular weight excluding hydrogens is 282 g/mol. The summed E-state index contributed by atoms with van der Waals surface area (Å²) >= 11 is 0. The second-order valence-corrected chi connectivity index (χ2v) is 4.69. The first-order valence-electron chi connectivity index (χ1n) is 6.98. The summed E-state index contributed by atoms with van der Waals surface area (Å²) in [5.41, 5.74) is 0.510. The number of carbonyl (C=O) groups excluding carboxylic acids is 1. The summed E-state index contributed by atoms with van der Waals surface area (Å²) in [5, 5.41) is 11.2. The number of rotatable bonds is 7. The highest BCUT2D eigenvalue weighted by atomic mass is 16.5. The molecule has 0 aliphatic heterocycles. The lowest BCUT2D eigenvalue weighted by atomic mass is 10.2. The van der Waals surface area contributed by atoms with Crippen LogP contribution < -0.4 is 10.1 Å². The molecule has 0 radical (unpaired) electrons. The van der Waals surface area contributed by atoms with Gasteiger partial charge in [0.05, 0.1) is 0 Å². The summed E-state index contributed by atoms with van der Waals surface area (Å²) in [5.74, 6) is 0.287. The van der Waals surface area contributed by atoms with Crippen LogP contribution in [0.15, 0.2) is 54.6 Å². The van der Waals surface area contributed by atoms with Crippen molar-refractivity contribution in [3.05, 3.63) is 60.2 Å². The average Bonchev–Trinajstić information content (AvgIpc) is 2.53. The summed E-state index contributed by atoms with van der Waals surface area (Å²) in [4.78, 5) is 22.2. The number of hydrogen-bond acceptors (Lipinski definition) is 3. The Bertz CT molecular complexity index is 623.